The molecule has 0 aliphatic heterocycles. The van der Waals surface area contributed by atoms with Crippen molar-refractivity contribution in [2.24, 2.45) is 0 Å². The first-order valence-electron chi connectivity index (χ1n) is 12.2. The van der Waals surface area contributed by atoms with Gasteiger partial charge in [0.2, 0.25) is 0 Å². The number of halogens is 1. The maximum Gasteiger partial charge on any atom is -0.0195 e. The molecule has 0 radical (unpaired) electrons. The first kappa shape index (κ1) is 30.7. The molecule has 5 rings (SSSR count). The second-order valence-corrected chi connectivity index (χ2v) is 12.8. The molecule has 0 aliphatic rings. The normalized spacial score (nSPS) is 10.2. The summed E-state index contributed by atoms with van der Waals surface area (Å²) in [7, 11) is 0.952. The van der Waals surface area contributed by atoms with Crippen LogP contribution < -0.4 is 26.0 Å². The third-order valence-electron chi connectivity index (χ3n) is 5.74. The summed E-state index contributed by atoms with van der Waals surface area (Å²) in [6, 6.07) is 54.5. The van der Waals surface area contributed by atoms with Crippen molar-refractivity contribution >= 4 is 56.6 Å². The van der Waals surface area contributed by atoms with Gasteiger partial charge in [0.1, 0.15) is 0 Å². The molecular formula is C33H31IOP2Pd. The maximum atomic E-state index is 4.89. The molecular weight excluding hydrogens is 708 g/mol. The minimum Gasteiger partial charge on any atom is -0.0622 e. The SMILES string of the molecule is COc1cc[c-]cc1.[Pd+][I].c1ccc(P(CCP(c2ccccc2)c2ccccc2)c2ccccc2)cc1. The van der Waals surface area contributed by atoms with Crippen molar-refractivity contribution in [3.05, 3.63) is 152 Å². The summed E-state index contributed by atoms with van der Waals surface area (Å²) < 4.78 is 4.89. The fraction of sp³-hybridized carbons (Fsp3) is 0.0909. The molecule has 0 amide bonds. The van der Waals surface area contributed by atoms with Crippen LogP contribution in [0.25, 0.3) is 0 Å². The molecule has 0 atom stereocenters. The molecule has 38 heavy (non-hydrogen) atoms. The van der Waals surface area contributed by atoms with Crippen LogP contribution in [0.15, 0.2) is 146 Å². The Kier molecular flexibility index (Phi) is 14.9. The van der Waals surface area contributed by atoms with E-state index in [1.54, 1.807) is 7.11 Å². The number of benzene rings is 5. The minimum absolute atomic E-state index is 0.348. The van der Waals surface area contributed by atoms with Gasteiger partial charge >= 0.3 is 35.1 Å². The van der Waals surface area contributed by atoms with Gasteiger partial charge < -0.3 is 4.74 Å². The van der Waals surface area contributed by atoms with Crippen LogP contribution in [-0.4, -0.2) is 19.4 Å². The average Bonchev–Trinajstić information content (AvgIpc) is 3.03. The van der Waals surface area contributed by atoms with Crippen LogP contribution in [0.5, 0.6) is 5.75 Å². The molecule has 5 heteroatoms. The summed E-state index contributed by atoms with van der Waals surface area (Å²) in [5, 5.41) is 5.89. The molecule has 5 aromatic carbocycles. The van der Waals surface area contributed by atoms with E-state index in [2.05, 4.69) is 143 Å². The van der Waals surface area contributed by atoms with Gasteiger partial charge in [0, 0.05) is 5.75 Å². The zero-order valence-corrected chi connectivity index (χ0v) is 26.8. The van der Waals surface area contributed by atoms with Gasteiger partial charge in [-0.2, -0.15) is 18.2 Å². The molecule has 1 nitrogen and oxygen atoms in total. The summed E-state index contributed by atoms with van der Waals surface area (Å²) in [5.41, 5.74) is 0. The molecule has 0 spiro atoms. The molecule has 0 N–H and O–H groups in total. The van der Waals surface area contributed by atoms with Crippen LogP contribution in [0.3, 0.4) is 0 Å². The Morgan fingerprint density at radius 3 is 1.05 bits per heavy atom. The zero-order chi connectivity index (χ0) is 26.8. The molecule has 196 valence electrons. The van der Waals surface area contributed by atoms with Gasteiger partial charge in [0.05, 0.1) is 7.11 Å². The number of hydrogen-bond donors (Lipinski definition) is 0. The van der Waals surface area contributed by atoms with Crippen molar-refractivity contribution in [1.29, 1.82) is 0 Å². The van der Waals surface area contributed by atoms with Gasteiger partial charge in [-0.15, -0.1) is 12.1 Å². The molecule has 0 saturated carbocycles. The van der Waals surface area contributed by atoms with Crippen molar-refractivity contribution < 1.29 is 20.3 Å². The third kappa shape index (κ3) is 10.0. The number of rotatable bonds is 8. The summed E-state index contributed by atoms with van der Waals surface area (Å²) in [4.78, 5) is 0. The Hall–Kier alpha value is -1.85. The van der Waals surface area contributed by atoms with E-state index in [-0.39, 0.29) is 15.8 Å². The zero-order valence-electron chi connectivity index (χ0n) is 21.3. The minimum atomic E-state index is -0.348. The summed E-state index contributed by atoms with van der Waals surface area (Å²) in [6.07, 6.45) is 2.41. The van der Waals surface area contributed by atoms with Crippen molar-refractivity contribution in [3.8, 4) is 5.75 Å². The topological polar surface area (TPSA) is 9.23 Å². The van der Waals surface area contributed by atoms with Gasteiger partial charge in [0.25, 0.3) is 0 Å². The smallest absolute Gasteiger partial charge is 0.0195 e. The Labute approximate surface area is 251 Å². The molecule has 0 aliphatic carbocycles. The predicted molar refractivity (Wildman–Crippen MR) is 174 cm³/mol. The van der Waals surface area contributed by atoms with Crippen LogP contribution in [0.4, 0.5) is 0 Å². The van der Waals surface area contributed by atoms with E-state index in [0.29, 0.717) is 0 Å². The van der Waals surface area contributed by atoms with Gasteiger partial charge in [-0.05, 0) is 49.4 Å². The Morgan fingerprint density at radius 2 is 0.816 bits per heavy atom. The molecule has 0 saturated heterocycles. The Morgan fingerprint density at radius 1 is 0.526 bits per heavy atom. The van der Waals surface area contributed by atoms with E-state index < -0.39 is 0 Å². The Bertz CT molecular complexity index is 1100. The summed E-state index contributed by atoms with van der Waals surface area (Å²) in [6.45, 7) is 0. The van der Waals surface area contributed by atoms with E-state index >= 15 is 0 Å². The summed E-state index contributed by atoms with van der Waals surface area (Å²) in [5.74, 6) is 0.878. The molecule has 0 unspecified atom stereocenters. The molecule has 0 fully saturated rings. The van der Waals surface area contributed by atoms with Crippen molar-refractivity contribution in [1.82, 2.24) is 0 Å². The maximum absolute atomic E-state index is 4.89. The largest absolute Gasteiger partial charge is 0.0622 e. The van der Waals surface area contributed by atoms with E-state index in [1.807, 2.05) is 43.8 Å². The quantitative estimate of drug-likeness (QED) is 0.0689. The Balaban J connectivity index is 0.000000339. The molecule has 0 aromatic heterocycles. The third-order valence-corrected chi connectivity index (χ3v) is 11.1. The molecule has 0 heterocycles. The van der Waals surface area contributed by atoms with Crippen LogP contribution in [0.1, 0.15) is 0 Å². The van der Waals surface area contributed by atoms with E-state index in [4.69, 9.17) is 4.74 Å². The second-order valence-electron chi connectivity index (χ2n) is 8.09. The van der Waals surface area contributed by atoms with E-state index in [0.717, 1.165) is 5.75 Å². The van der Waals surface area contributed by atoms with Crippen LogP contribution in [0, 0.1) is 6.07 Å². The first-order chi connectivity index (χ1) is 18.8. The fourth-order valence-corrected chi connectivity index (χ4v) is 9.31. The van der Waals surface area contributed by atoms with E-state index in [9.17, 15) is 0 Å². The predicted octanol–water partition coefficient (Wildman–Crippen LogP) is 7.63. The van der Waals surface area contributed by atoms with Crippen LogP contribution in [-0.2, 0) is 15.6 Å². The number of methoxy groups -OCH3 is 1. The first-order valence-corrected chi connectivity index (χ1v) is 19.9. The van der Waals surface area contributed by atoms with Crippen LogP contribution in [0.2, 0.25) is 0 Å². The molecule has 0 bridgehead atoms. The van der Waals surface area contributed by atoms with Crippen molar-refractivity contribution in [2.75, 3.05) is 19.4 Å². The second kappa shape index (κ2) is 18.4. The van der Waals surface area contributed by atoms with Gasteiger partial charge in [0.15, 0.2) is 0 Å². The van der Waals surface area contributed by atoms with Gasteiger partial charge in [-0.3, -0.25) is 0 Å². The van der Waals surface area contributed by atoms with Crippen LogP contribution >= 0.6 is 35.4 Å². The van der Waals surface area contributed by atoms with E-state index in [1.165, 1.54) is 33.5 Å². The van der Waals surface area contributed by atoms with Crippen molar-refractivity contribution in [2.45, 2.75) is 0 Å². The number of ether oxygens (including phenoxy) is 1. The fourth-order valence-electron chi connectivity index (χ4n) is 3.95. The monoisotopic (exact) mass is 738 g/mol. The summed E-state index contributed by atoms with van der Waals surface area (Å²) >= 11 is 4.72. The average molecular weight is 739 g/mol. The van der Waals surface area contributed by atoms with Crippen molar-refractivity contribution in [3.63, 3.8) is 0 Å². The molecule has 5 aromatic rings. The number of hydrogen-bond acceptors (Lipinski definition) is 1. The van der Waals surface area contributed by atoms with Gasteiger partial charge in [-0.1, -0.05) is 121 Å². The standard InChI is InChI=1S/C26H24P2.C7H7O.HI.Pd/c1-5-13-23(14-6-1)27(24-15-7-2-8-16-24)21-22-28(25-17-9-3-10-18-25)26-19-11-4-12-20-26;1-8-7-5-3-2-4-6-7;;/h1-20H,21-22H2;3-6H,1H3;1H;/q;-1;;+2/p-1. The van der Waals surface area contributed by atoms with Gasteiger partial charge in [-0.25, -0.2) is 0 Å².